The van der Waals surface area contributed by atoms with Gasteiger partial charge >= 0.3 is 11.9 Å². The second-order valence-electron chi connectivity index (χ2n) is 13.0. The number of rotatable bonds is 35. The van der Waals surface area contributed by atoms with Crippen LogP contribution in [-0.4, -0.2) is 36.4 Å². The fourth-order valence-electron chi connectivity index (χ4n) is 5.59. The summed E-state index contributed by atoms with van der Waals surface area (Å²) < 4.78 is 10.6. The number of hydrogen-bond donors (Lipinski definition) is 1. The summed E-state index contributed by atoms with van der Waals surface area (Å²) in [5.41, 5.74) is 0. The van der Waals surface area contributed by atoms with Gasteiger partial charge in [-0.05, 0) is 32.1 Å². The summed E-state index contributed by atoms with van der Waals surface area (Å²) in [5.74, 6) is -0.593. The van der Waals surface area contributed by atoms with E-state index < -0.39 is 6.10 Å². The molecule has 0 rings (SSSR count). The molecular formula is C39H74O5. The molecule has 0 amide bonds. The molecule has 0 heterocycles. The van der Waals surface area contributed by atoms with Gasteiger partial charge in [0.2, 0.25) is 0 Å². The molecule has 0 bridgehead atoms. The standard InChI is InChI=1S/C39H74O5/c1-3-5-7-9-11-13-15-16-17-18-19-20-21-22-24-26-28-30-32-34-39(42)44-37(35-40)36-43-38(41)33-31-29-27-25-23-14-12-10-8-6-4-2/h10,12,37,40H,3-9,11,13-36H2,1-2H3/t37-/m0/s1. The largest absolute Gasteiger partial charge is 0.462 e. The molecule has 0 aromatic carbocycles. The predicted octanol–water partition coefficient (Wildman–Crippen LogP) is 11.7. The van der Waals surface area contributed by atoms with E-state index in [9.17, 15) is 14.7 Å². The van der Waals surface area contributed by atoms with Crippen molar-refractivity contribution in [2.75, 3.05) is 13.2 Å². The second-order valence-corrected chi connectivity index (χ2v) is 13.0. The van der Waals surface area contributed by atoms with Crippen LogP contribution < -0.4 is 0 Å². The van der Waals surface area contributed by atoms with Crippen molar-refractivity contribution in [2.24, 2.45) is 0 Å². The maximum Gasteiger partial charge on any atom is 0.306 e. The molecule has 260 valence electrons. The molecule has 0 unspecified atom stereocenters. The van der Waals surface area contributed by atoms with Gasteiger partial charge in [0.05, 0.1) is 6.61 Å². The van der Waals surface area contributed by atoms with E-state index in [4.69, 9.17) is 9.47 Å². The smallest absolute Gasteiger partial charge is 0.306 e. The van der Waals surface area contributed by atoms with E-state index in [1.165, 1.54) is 135 Å². The van der Waals surface area contributed by atoms with Gasteiger partial charge in [0.1, 0.15) is 6.61 Å². The molecule has 0 saturated carbocycles. The first-order valence-corrected chi connectivity index (χ1v) is 19.2. The molecule has 0 aromatic rings. The van der Waals surface area contributed by atoms with Crippen LogP contribution in [0.2, 0.25) is 0 Å². The number of esters is 2. The quantitative estimate of drug-likeness (QED) is 0.0432. The first kappa shape index (κ1) is 42.6. The van der Waals surface area contributed by atoms with Crippen LogP contribution in [0.25, 0.3) is 0 Å². The highest BCUT2D eigenvalue weighted by Gasteiger charge is 2.16. The molecular weight excluding hydrogens is 548 g/mol. The molecule has 5 heteroatoms. The van der Waals surface area contributed by atoms with Crippen LogP contribution in [0.15, 0.2) is 12.2 Å². The zero-order chi connectivity index (χ0) is 32.2. The minimum Gasteiger partial charge on any atom is -0.462 e. The Balaban J connectivity index is 3.49. The Hall–Kier alpha value is -1.36. The van der Waals surface area contributed by atoms with Gasteiger partial charge in [-0.2, -0.15) is 0 Å². The number of carbonyl (C=O) groups is 2. The number of carbonyl (C=O) groups excluding carboxylic acids is 2. The number of hydrogen-bond acceptors (Lipinski definition) is 5. The average molecular weight is 623 g/mol. The number of allylic oxidation sites excluding steroid dienone is 2. The fourth-order valence-corrected chi connectivity index (χ4v) is 5.59. The van der Waals surface area contributed by atoms with Crippen LogP contribution in [0.1, 0.15) is 206 Å². The summed E-state index contributed by atoms with van der Waals surface area (Å²) in [6, 6.07) is 0. The van der Waals surface area contributed by atoms with E-state index >= 15 is 0 Å². The molecule has 0 fully saturated rings. The van der Waals surface area contributed by atoms with Crippen LogP contribution in [0.3, 0.4) is 0 Å². The van der Waals surface area contributed by atoms with Crippen LogP contribution in [0.5, 0.6) is 0 Å². The summed E-state index contributed by atoms with van der Waals surface area (Å²) in [4.78, 5) is 24.2. The van der Waals surface area contributed by atoms with E-state index in [2.05, 4.69) is 26.0 Å². The molecule has 0 spiro atoms. The molecule has 44 heavy (non-hydrogen) atoms. The molecule has 0 saturated heterocycles. The molecule has 0 radical (unpaired) electrons. The lowest BCUT2D eigenvalue weighted by atomic mass is 10.0. The van der Waals surface area contributed by atoms with E-state index in [0.29, 0.717) is 12.8 Å². The Morgan fingerprint density at radius 3 is 1.30 bits per heavy atom. The summed E-state index contributed by atoms with van der Waals surface area (Å²) in [6.45, 7) is 4.10. The first-order valence-electron chi connectivity index (χ1n) is 19.2. The van der Waals surface area contributed by atoms with E-state index in [1.54, 1.807) is 0 Å². The summed E-state index contributed by atoms with van der Waals surface area (Å²) in [5, 5.41) is 9.53. The van der Waals surface area contributed by atoms with Gasteiger partial charge < -0.3 is 14.6 Å². The zero-order valence-electron chi connectivity index (χ0n) is 29.4. The van der Waals surface area contributed by atoms with Crippen molar-refractivity contribution in [3.63, 3.8) is 0 Å². The maximum atomic E-state index is 12.1. The van der Waals surface area contributed by atoms with Gasteiger partial charge in [0.25, 0.3) is 0 Å². The summed E-state index contributed by atoms with van der Waals surface area (Å²) >= 11 is 0. The normalized spacial score (nSPS) is 12.2. The van der Waals surface area contributed by atoms with Gasteiger partial charge in [0, 0.05) is 12.8 Å². The Kier molecular flexibility index (Phi) is 35.0. The van der Waals surface area contributed by atoms with Gasteiger partial charge in [-0.25, -0.2) is 0 Å². The van der Waals surface area contributed by atoms with Crippen LogP contribution in [0, 0.1) is 0 Å². The highest BCUT2D eigenvalue weighted by atomic mass is 16.6. The van der Waals surface area contributed by atoms with Gasteiger partial charge in [-0.3, -0.25) is 9.59 Å². The molecule has 5 nitrogen and oxygen atoms in total. The van der Waals surface area contributed by atoms with Crippen molar-refractivity contribution < 1.29 is 24.2 Å². The third-order valence-electron chi connectivity index (χ3n) is 8.56. The lowest BCUT2D eigenvalue weighted by Crippen LogP contribution is -2.28. The Bertz CT molecular complexity index is 632. The van der Waals surface area contributed by atoms with Gasteiger partial charge in [0.15, 0.2) is 6.10 Å². The number of unbranched alkanes of at least 4 members (excludes halogenated alkanes) is 25. The van der Waals surface area contributed by atoms with Crippen molar-refractivity contribution in [1.29, 1.82) is 0 Å². The van der Waals surface area contributed by atoms with Crippen LogP contribution >= 0.6 is 0 Å². The van der Waals surface area contributed by atoms with Gasteiger partial charge in [-0.1, -0.05) is 174 Å². The number of aliphatic hydroxyl groups is 1. The topological polar surface area (TPSA) is 72.8 Å². The molecule has 0 aliphatic heterocycles. The van der Waals surface area contributed by atoms with Crippen LogP contribution in [-0.2, 0) is 19.1 Å². The number of aliphatic hydroxyl groups excluding tert-OH is 1. The Labute approximate surface area is 273 Å². The van der Waals surface area contributed by atoms with Crippen molar-refractivity contribution in [3.05, 3.63) is 12.2 Å². The molecule has 0 aromatic heterocycles. The first-order chi connectivity index (χ1) is 21.6. The summed E-state index contributed by atoms with van der Waals surface area (Å²) in [6.07, 6.45) is 39.9. The second kappa shape index (κ2) is 36.1. The Morgan fingerprint density at radius 2 is 0.864 bits per heavy atom. The van der Waals surface area contributed by atoms with E-state index in [0.717, 1.165) is 44.9 Å². The Morgan fingerprint density at radius 1 is 0.500 bits per heavy atom. The minimum atomic E-state index is -0.767. The lowest BCUT2D eigenvalue weighted by Gasteiger charge is -2.15. The average Bonchev–Trinajstić information content (AvgIpc) is 3.02. The third-order valence-corrected chi connectivity index (χ3v) is 8.56. The van der Waals surface area contributed by atoms with E-state index in [-0.39, 0.29) is 25.2 Å². The number of ether oxygens (including phenoxy) is 2. The molecule has 1 N–H and O–H groups in total. The maximum absolute atomic E-state index is 12.1. The fraction of sp³-hybridized carbons (Fsp3) is 0.897. The molecule has 1 atom stereocenters. The van der Waals surface area contributed by atoms with Crippen molar-refractivity contribution in [1.82, 2.24) is 0 Å². The van der Waals surface area contributed by atoms with E-state index in [1.807, 2.05) is 0 Å². The van der Waals surface area contributed by atoms with Gasteiger partial charge in [-0.15, -0.1) is 0 Å². The predicted molar refractivity (Wildman–Crippen MR) is 187 cm³/mol. The SMILES string of the molecule is CCCCC=CCCCCCCCC(=O)OC[C@H](CO)OC(=O)CCCCCCCCCCCCCCCCCCCCC. The highest BCUT2D eigenvalue weighted by Crippen LogP contribution is 2.15. The summed E-state index contributed by atoms with van der Waals surface area (Å²) in [7, 11) is 0. The van der Waals surface area contributed by atoms with Crippen molar-refractivity contribution >= 4 is 11.9 Å². The van der Waals surface area contributed by atoms with Crippen molar-refractivity contribution in [2.45, 2.75) is 213 Å². The third kappa shape index (κ3) is 33.5. The van der Waals surface area contributed by atoms with Crippen molar-refractivity contribution in [3.8, 4) is 0 Å². The van der Waals surface area contributed by atoms with Crippen LogP contribution in [0.4, 0.5) is 0 Å². The molecule has 0 aliphatic rings. The zero-order valence-corrected chi connectivity index (χ0v) is 29.4. The molecule has 0 aliphatic carbocycles. The minimum absolute atomic E-state index is 0.0648. The lowest BCUT2D eigenvalue weighted by molar-refractivity contribution is -0.161. The highest BCUT2D eigenvalue weighted by molar-refractivity contribution is 5.70. The monoisotopic (exact) mass is 623 g/mol.